The van der Waals surface area contributed by atoms with Crippen LogP contribution in [-0.2, 0) is 4.74 Å². The molecule has 0 radical (unpaired) electrons. The third kappa shape index (κ3) is 6.69. The number of rotatable bonds is 9. The van der Waals surface area contributed by atoms with E-state index in [9.17, 15) is 13.2 Å². The number of halogens is 3. The first-order chi connectivity index (χ1) is 17.1. The average Bonchev–Trinajstić information content (AvgIpc) is 2.90. The highest BCUT2D eigenvalue weighted by atomic mass is 19.2. The van der Waals surface area contributed by atoms with Crippen LogP contribution in [0.5, 0.6) is 5.75 Å². The van der Waals surface area contributed by atoms with Gasteiger partial charge in [-0.2, -0.15) is 4.39 Å². The molecule has 0 atom stereocenters. The molecule has 0 aromatic heterocycles. The van der Waals surface area contributed by atoms with E-state index in [4.69, 9.17) is 9.47 Å². The van der Waals surface area contributed by atoms with Crippen molar-refractivity contribution in [1.82, 2.24) is 0 Å². The lowest BCUT2D eigenvalue weighted by molar-refractivity contribution is -0.00289. The molecule has 0 bridgehead atoms. The van der Waals surface area contributed by atoms with E-state index in [0.29, 0.717) is 24.0 Å². The van der Waals surface area contributed by atoms with E-state index >= 15 is 0 Å². The number of hydrogen-bond donors (Lipinski definition) is 0. The molecule has 2 aliphatic rings. The maximum absolute atomic E-state index is 14.6. The van der Waals surface area contributed by atoms with Crippen LogP contribution in [0.25, 0.3) is 6.08 Å². The Balaban J connectivity index is 1.19. The minimum absolute atomic E-state index is 0.0109. The molecule has 0 unspecified atom stereocenters. The fraction of sp³-hybridized carbons (Fsp3) is 0.533. The average molecular weight is 487 g/mol. The first-order valence-electron chi connectivity index (χ1n) is 13.1. The van der Waals surface area contributed by atoms with Crippen molar-refractivity contribution < 1.29 is 22.6 Å². The standard InChI is InChI=1S/C30H37F3O2/c1-2-34-28-18-17-27(29(32)30(28)33)25-13-15-26(16-14-25)35-20-22-7-11-24(12-8-22)23-9-5-21(6-10-23)4-3-19-31/h3-6,9-10,17-18,22,24-26H,2,7-8,11-16,19-20H2,1H3/b4-3+. The Morgan fingerprint density at radius 1 is 0.829 bits per heavy atom. The molecule has 0 N–H and O–H groups in total. The van der Waals surface area contributed by atoms with Crippen LogP contribution in [0, 0.1) is 17.6 Å². The Morgan fingerprint density at radius 2 is 1.51 bits per heavy atom. The normalized spacial score (nSPS) is 25.1. The first-order valence-corrected chi connectivity index (χ1v) is 13.1. The van der Waals surface area contributed by atoms with Gasteiger partial charge in [0.15, 0.2) is 11.6 Å². The van der Waals surface area contributed by atoms with Crippen LogP contribution >= 0.6 is 0 Å². The molecule has 0 amide bonds. The zero-order chi connectivity index (χ0) is 24.6. The van der Waals surface area contributed by atoms with Gasteiger partial charge < -0.3 is 9.47 Å². The van der Waals surface area contributed by atoms with Crippen molar-refractivity contribution in [3.63, 3.8) is 0 Å². The molecule has 2 saturated carbocycles. The second-order valence-corrected chi connectivity index (χ2v) is 9.96. The van der Waals surface area contributed by atoms with Gasteiger partial charge in [-0.25, -0.2) is 8.78 Å². The monoisotopic (exact) mass is 486 g/mol. The molecule has 0 saturated heterocycles. The molecule has 2 aromatic carbocycles. The van der Waals surface area contributed by atoms with E-state index in [-0.39, 0.29) is 17.8 Å². The molecule has 2 fully saturated rings. The Bertz CT molecular complexity index is 956. The summed E-state index contributed by atoms with van der Waals surface area (Å²) >= 11 is 0. The fourth-order valence-electron chi connectivity index (χ4n) is 5.66. The summed E-state index contributed by atoms with van der Waals surface area (Å²) in [7, 11) is 0. The van der Waals surface area contributed by atoms with Gasteiger partial charge in [-0.15, -0.1) is 0 Å². The summed E-state index contributed by atoms with van der Waals surface area (Å²) in [5.74, 6) is -0.429. The van der Waals surface area contributed by atoms with Crippen molar-refractivity contribution in [2.24, 2.45) is 5.92 Å². The van der Waals surface area contributed by atoms with Gasteiger partial charge in [0.2, 0.25) is 5.82 Å². The Morgan fingerprint density at radius 3 is 2.17 bits per heavy atom. The van der Waals surface area contributed by atoms with Crippen molar-refractivity contribution in [3.05, 3.63) is 70.8 Å². The third-order valence-electron chi connectivity index (χ3n) is 7.71. The highest BCUT2D eigenvalue weighted by molar-refractivity contribution is 5.50. The number of ether oxygens (including phenoxy) is 2. The maximum atomic E-state index is 14.6. The van der Waals surface area contributed by atoms with Gasteiger partial charge in [0.05, 0.1) is 12.7 Å². The molecule has 35 heavy (non-hydrogen) atoms. The van der Waals surface area contributed by atoms with Crippen LogP contribution in [0.15, 0.2) is 42.5 Å². The highest BCUT2D eigenvalue weighted by Crippen LogP contribution is 2.39. The van der Waals surface area contributed by atoms with Crippen molar-refractivity contribution in [3.8, 4) is 5.75 Å². The molecule has 2 nitrogen and oxygen atoms in total. The maximum Gasteiger partial charge on any atom is 0.200 e. The summed E-state index contributed by atoms with van der Waals surface area (Å²) < 4.78 is 52.6. The number of hydrogen-bond acceptors (Lipinski definition) is 2. The van der Waals surface area contributed by atoms with Gasteiger partial charge in [-0.05, 0) is 98.8 Å². The summed E-state index contributed by atoms with van der Waals surface area (Å²) in [5.41, 5.74) is 2.88. The SMILES string of the molecule is CCOc1ccc(C2CCC(OCC3CCC(c4ccc(/C=C/CF)cc4)CC3)CC2)c(F)c1F. The Hall–Kier alpha value is -2.27. The van der Waals surface area contributed by atoms with E-state index in [2.05, 4.69) is 24.3 Å². The summed E-state index contributed by atoms with van der Waals surface area (Å²) in [4.78, 5) is 0. The predicted octanol–water partition coefficient (Wildman–Crippen LogP) is 8.36. The highest BCUT2D eigenvalue weighted by Gasteiger charge is 2.28. The summed E-state index contributed by atoms with van der Waals surface area (Å²) in [6, 6.07) is 11.7. The van der Waals surface area contributed by atoms with Gasteiger partial charge in [0.1, 0.15) is 6.67 Å². The van der Waals surface area contributed by atoms with Crippen LogP contribution < -0.4 is 4.74 Å². The van der Waals surface area contributed by atoms with Crippen LogP contribution in [0.1, 0.15) is 86.8 Å². The fourth-order valence-corrected chi connectivity index (χ4v) is 5.66. The topological polar surface area (TPSA) is 18.5 Å². The summed E-state index contributed by atoms with van der Waals surface area (Å²) in [5, 5.41) is 0. The molecule has 2 aromatic rings. The van der Waals surface area contributed by atoms with Gasteiger partial charge in [0, 0.05) is 6.61 Å². The Labute approximate surface area is 207 Å². The van der Waals surface area contributed by atoms with Crippen LogP contribution in [0.4, 0.5) is 13.2 Å². The number of allylic oxidation sites excluding steroid dienone is 1. The molecule has 190 valence electrons. The summed E-state index contributed by atoms with van der Waals surface area (Å²) in [6.45, 7) is 2.43. The van der Waals surface area contributed by atoms with Gasteiger partial charge >= 0.3 is 0 Å². The van der Waals surface area contributed by atoms with Crippen molar-refractivity contribution >= 4 is 6.08 Å². The Kier molecular flexibility index (Phi) is 9.31. The zero-order valence-electron chi connectivity index (χ0n) is 20.7. The lowest BCUT2D eigenvalue weighted by Crippen LogP contribution is -2.25. The van der Waals surface area contributed by atoms with E-state index in [1.165, 1.54) is 37.3 Å². The molecule has 4 rings (SSSR count). The van der Waals surface area contributed by atoms with Crippen LogP contribution in [-0.4, -0.2) is 26.0 Å². The zero-order valence-corrected chi connectivity index (χ0v) is 20.7. The van der Waals surface area contributed by atoms with E-state index in [1.807, 2.05) is 6.08 Å². The molecule has 0 aliphatic heterocycles. The van der Waals surface area contributed by atoms with Gasteiger partial charge in [-0.1, -0.05) is 42.5 Å². The van der Waals surface area contributed by atoms with E-state index in [0.717, 1.165) is 37.9 Å². The number of benzene rings is 2. The molecular weight excluding hydrogens is 449 g/mol. The van der Waals surface area contributed by atoms with E-state index < -0.39 is 18.3 Å². The minimum Gasteiger partial charge on any atom is -0.491 e. The molecule has 5 heteroatoms. The quantitative estimate of drug-likeness (QED) is 0.354. The third-order valence-corrected chi connectivity index (χ3v) is 7.71. The van der Waals surface area contributed by atoms with Gasteiger partial charge in [0.25, 0.3) is 0 Å². The lowest BCUT2D eigenvalue weighted by Gasteiger charge is -2.32. The smallest absolute Gasteiger partial charge is 0.200 e. The second-order valence-electron chi connectivity index (χ2n) is 9.96. The van der Waals surface area contributed by atoms with Crippen molar-refractivity contribution in [2.75, 3.05) is 19.9 Å². The lowest BCUT2D eigenvalue weighted by atomic mass is 9.78. The van der Waals surface area contributed by atoms with Crippen LogP contribution in [0.3, 0.4) is 0 Å². The summed E-state index contributed by atoms with van der Waals surface area (Å²) in [6.07, 6.45) is 11.6. The number of alkyl halides is 1. The largest absolute Gasteiger partial charge is 0.491 e. The van der Waals surface area contributed by atoms with E-state index in [1.54, 1.807) is 19.1 Å². The molecule has 2 aliphatic carbocycles. The minimum atomic E-state index is -0.872. The van der Waals surface area contributed by atoms with Crippen molar-refractivity contribution in [2.45, 2.75) is 76.2 Å². The molecule has 0 spiro atoms. The van der Waals surface area contributed by atoms with Crippen LogP contribution in [0.2, 0.25) is 0 Å². The second kappa shape index (κ2) is 12.6. The predicted molar refractivity (Wildman–Crippen MR) is 135 cm³/mol. The molecule has 0 heterocycles. The van der Waals surface area contributed by atoms with Crippen molar-refractivity contribution in [1.29, 1.82) is 0 Å². The first kappa shape index (κ1) is 25.8. The van der Waals surface area contributed by atoms with Gasteiger partial charge in [-0.3, -0.25) is 0 Å². The molecular formula is C30H37F3O2.